The summed E-state index contributed by atoms with van der Waals surface area (Å²) in [6.45, 7) is 7.67. The highest BCUT2D eigenvalue weighted by Gasteiger charge is 2.29. The molecule has 1 saturated heterocycles. The molecule has 1 amide bonds. The highest BCUT2D eigenvalue weighted by molar-refractivity contribution is 7.92. The van der Waals surface area contributed by atoms with Gasteiger partial charge in [-0.25, -0.2) is 8.42 Å². The number of carbonyl (C=O) groups is 1. The average Bonchev–Trinajstić information content (AvgIpc) is 2.92. The molecule has 3 aromatic rings. The molecule has 1 aliphatic heterocycles. The Labute approximate surface area is 221 Å². The number of rotatable bonds is 9. The molecule has 0 saturated carbocycles. The quantitative estimate of drug-likeness (QED) is 0.398. The van der Waals surface area contributed by atoms with Gasteiger partial charge in [0.15, 0.2) is 0 Å². The Bertz CT molecular complexity index is 1300. The molecule has 196 valence electrons. The first-order chi connectivity index (χ1) is 17.8. The van der Waals surface area contributed by atoms with Gasteiger partial charge in [-0.2, -0.15) is 0 Å². The van der Waals surface area contributed by atoms with E-state index in [0.29, 0.717) is 12.1 Å². The second-order valence-electron chi connectivity index (χ2n) is 9.74. The molecule has 0 aromatic heterocycles. The topological polar surface area (TPSA) is 69.7 Å². The Kier molecular flexibility index (Phi) is 8.54. The summed E-state index contributed by atoms with van der Waals surface area (Å²) in [6, 6.07) is 22.1. The first-order valence-corrected chi connectivity index (χ1v) is 14.5. The maximum atomic E-state index is 13.7. The fourth-order valence-electron chi connectivity index (χ4n) is 4.82. The minimum absolute atomic E-state index is 0.165. The standard InChI is InChI=1S/C30H37N3O3S/c1-4-25-10-6-7-11-29(25)33(37(35,36)28-18-12-23(2)13-19-28)22-30(34)31-24(3)26-14-16-27(17-15-26)32-20-8-5-9-21-32/h6-7,10-19,24H,4-5,8-9,20-22H2,1-3H3,(H,31,34). The molecule has 6 nitrogen and oxygen atoms in total. The van der Waals surface area contributed by atoms with E-state index >= 15 is 0 Å². The van der Waals surface area contributed by atoms with Gasteiger partial charge in [-0.1, -0.05) is 55.0 Å². The van der Waals surface area contributed by atoms with Gasteiger partial charge in [0.05, 0.1) is 16.6 Å². The summed E-state index contributed by atoms with van der Waals surface area (Å²) < 4.78 is 28.7. The normalized spacial score (nSPS) is 14.7. The third-order valence-corrected chi connectivity index (χ3v) is 8.80. The molecule has 0 spiro atoms. The van der Waals surface area contributed by atoms with Crippen LogP contribution in [-0.2, 0) is 21.2 Å². The van der Waals surface area contributed by atoms with Gasteiger partial charge in [0.25, 0.3) is 10.0 Å². The number of aryl methyl sites for hydroxylation is 2. The molecule has 0 radical (unpaired) electrons. The molecular formula is C30H37N3O3S. The molecule has 1 N–H and O–H groups in total. The van der Waals surface area contributed by atoms with Crippen LogP contribution in [0.5, 0.6) is 0 Å². The second-order valence-corrected chi connectivity index (χ2v) is 11.6. The van der Waals surface area contributed by atoms with E-state index in [2.05, 4.69) is 22.3 Å². The van der Waals surface area contributed by atoms with Crippen LogP contribution in [-0.4, -0.2) is 34.0 Å². The predicted octanol–water partition coefficient (Wildman–Crippen LogP) is 5.62. The Morgan fingerprint density at radius 2 is 1.59 bits per heavy atom. The van der Waals surface area contributed by atoms with Crippen molar-refractivity contribution < 1.29 is 13.2 Å². The van der Waals surface area contributed by atoms with E-state index in [1.165, 1.54) is 29.3 Å². The Morgan fingerprint density at radius 3 is 2.24 bits per heavy atom. The molecule has 1 atom stereocenters. The van der Waals surface area contributed by atoms with Crippen LogP contribution in [0.4, 0.5) is 11.4 Å². The summed E-state index contributed by atoms with van der Waals surface area (Å²) in [5.74, 6) is -0.353. The zero-order valence-corrected chi connectivity index (χ0v) is 22.8. The van der Waals surface area contributed by atoms with Gasteiger partial charge in [-0.05, 0) is 81.0 Å². The van der Waals surface area contributed by atoms with Gasteiger partial charge in [-0.15, -0.1) is 0 Å². The Balaban J connectivity index is 1.54. The van der Waals surface area contributed by atoms with Crippen LogP contribution in [0.25, 0.3) is 0 Å². The van der Waals surface area contributed by atoms with E-state index < -0.39 is 10.0 Å². The fourth-order valence-corrected chi connectivity index (χ4v) is 6.28. The highest BCUT2D eigenvalue weighted by atomic mass is 32.2. The molecule has 3 aromatic carbocycles. The maximum Gasteiger partial charge on any atom is 0.264 e. The number of sulfonamides is 1. The molecular weight excluding hydrogens is 482 g/mol. The average molecular weight is 520 g/mol. The van der Waals surface area contributed by atoms with Gasteiger partial charge in [0.2, 0.25) is 5.91 Å². The lowest BCUT2D eigenvalue weighted by Crippen LogP contribution is -2.42. The number of hydrogen-bond donors (Lipinski definition) is 1. The third-order valence-electron chi connectivity index (χ3n) is 7.03. The van der Waals surface area contributed by atoms with Crippen molar-refractivity contribution in [2.45, 2.75) is 57.4 Å². The van der Waals surface area contributed by atoms with Crippen molar-refractivity contribution >= 4 is 27.3 Å². The minimum atomic E-state index is -3.95. The van der Waals surface area contributed by atoms with Crippen molar-refractivity contribution in [2.75, 3.05) is 28.8 Å². The number of hydrogen-bond acceptors (Lipinski definition) is 4. The van der Waals surface area contributed by atoms with Crippen LogP contribution in [0, 0.1) is 6.92 Å². The molecule has 1 aliphatic rings. The number of benzene rings is 3. The molecule has 7 heteroatoms. The van der Waals surface area contributed by atoms with Gasteiger partial charge in [-0.3, -0.25) is 9.10 Å². The van der Waals surface area contributed by atoms with Gasteiger partial charge < -0.3 is 10.2 Å². The van der Waals surface area contributed by atoms with Crippen LogP contribution in [0.2, 0.25) is 0 Å². The first-order valence-electron chi connectivity index (χ1n) is 13.1. The number of amides is 1. The predicted molar refractivity (Wildman–Crippen MR) is 151 cm³/mol. The van der Waals surface area contributed by atoms with Crippen LogP contribution in [0.15, 0.2) is 77.7 Å². The molecule has 0 bridgehead atoms. The summed E-state index contributed by atoms with van der Waals surface area (Å²) in [5.41, 5.74) is 4.55. The van der Waals surface area contributed by atoms with E-state index in [0.717, 1.165) is 29.8 Å². The van der Waals surface area contributed by atoms with E-state index in [-0.39, 0.29) is 23.4 Å². The summed E-state index contributed by atoms with van der Waals surface area (Å²) in [5, 5.41) is 3.01. The van der Waals surface area contributed by atoms with Crippen LogP contribution in [0.1, 0.15) is 55.8 Å². The first kappa shape index (κ1) is 26.7. The number of para-hydroxylation sites is 1. The number of piperidine rings is 1. The van der Waals surface area contributed by atoms with Crippen LogP contribution >= 0.6 is 0 Å². The monoisotopic (exact) mass is 519 g/mol. The zero-order valence-electron chi connectivity index (χ0n) is 22.0. The smallest absolute Gasteiger partial charge is 0.264 e. The molecule has 0 aliphatic carbocycles. The van der Waals surface area contributed by atoms with E-state index in [9.17, 15) is 13.2 Å². The third kappa shape index (κ3) is 6.34. The van der Waals surface area contributed by atoms with Crippen molar-refractivity contribution in [1.29, 1.82) is 0 Å². The second kappa shape index (κ2) is 11.8. The SMILES string of the molecule is CCc1ccccc1N(CC(=O)NC(C)c1ccc(N2CCCCC2)cc1)S(=O)(=O)c1ccc(C)cc1. The number of nitrogens with one attached hydrogen (secondary N) is 1. The Hall–Kier alpha value is -3.32. The molecule has 37 heavy (non-hydrogen) atoms. The lowest BCUT2D eigenvalue weighted by atomic mass is 10.1. The summed E-state index contributed by atoms with van der Waals surface area (Å²) in [4.78, 5) is 15.8. The van der Waals surface area contributed by atoms with Gasteiger partial charge >= 0.3 is 0 Å². The Morgan fingerprint density at radius 1 is 0.946 bits per heavy atom. The van der Waals surface area contributed by atoms with Crippen LogP contribution < -0.4 is 14.5 Å². The molecule has 1 heterocycles. The van der Waals surface area contributed by atoms with Gasteiger partial charge in [0, 0.05) is 18.8 Å². The zero-order chi connectivity index (χ0) is 26.4. The highest BCUT2D eigenvalue weighted by Crippen LogP contribution is 2.28. The van der Waals surface area contributed by atoms with E-state index in [4.69, 9.17) is 0 Å². The van der Waals surface area contributed by atoms with Crippen molar-refractivity contribution in [3.8, 4) is 0 Å². The number of nitrogens with zero attached hydrogens (tertiary/aromatic N) is 2. The molecule has 1 fully saturated rings. The van der Waals surface area contributed by atoms with Crippen molar-refractivity contribution in [2.24, 2.45) is 0 Å². The van der Waals surface area contributed by atoms with Crippen molar-refractivity contribution in [1.82, 2.24) is 5.32 Å². The minimum Gasteiger partial charge on any atom is -0.372 e. The largest absolute Gasteiger partial charge is 0.372 e. The molecule has 1 unspecified atom stereocenters. The van der Waals surface area contributed by atoms with Crippen molar-refractivity contribution in [3.05, 3.63) is 89.5 Å². The van der Waals surface area contributed by atoms with Gasteiger partial charge in [0.1, 0.15) is 6.54 Å². The van der Waals surface area contributed by atoms with E-state index in [1.54, 1.807) is 36.4 Å². The van der Waals surface area contributed by atoms with Crippen molar-refractivity contribution in [3.63, 3.8) is 0 Å². The fraction of sp³-hybridized carbons (Fsp3) is 0.367. The number of anilines is 2. The van der Waals surface area contributed by atoms with E-state index in [1.807, 2.05) is 45.0 Å². The lowest BCUT2D eigenvalue weighted by molar-refractivity contribution is -0.120. The summed E-state index contributed by atoms with van der Waals surface area (Å²) >= 11 is 0. The summed E-state index contributed by atoms with van der Waals surface area (Å²) in [6.07, 6.45) is 4.38. The lowest BCUT2D eigenvalue weighted by Gasteiger charge is -2.29. The molecule has 4 rings (SSSR count). The summed E-state index contributed by atoms with van der Waals surface area (Å²) in [7, 11) is -3.95. The van der Waals surface area contributed by atoms with Crippen LogP contribution in [0.3, 0.4) is 0 Å². The maximum absolute atomic E-state index is 13.7. The number of carbonyl (C=O) groups excluding carboxylic acids is 1.